The largest absolute Gasteiger partial charge is 0.379 e. The van der Waals surface area contributed by atoms with Crippen LogP contribution < -0.4 is 0 Å². The number of rotatable bonds is 7. The first-order valence-corrected chi connectivity index (χ1v) is 16.1. The van der Waals surface area contributed by atoms with E-state index in [-0.39, 0.29) is 17.4 Å². The second kappa shape index (κ2) is 10.8. The molecule has 1 saturated carbocycles. The smallest absolute Gasteiger partial charge is 0.245 e. The van der Waals surface area contributed by atoms with Gasteiger partial charge in [0.15, 0.2) is 0 Å². The predicted molar refractivity (Wildman–Crippen MR) is 175 cm³/mol. The highest BCUT2D eigenvalue weighted by Crippen LogP contribution is 2.55. The van der Waals surface area contributed by atoms with Crippen molar-refractivity contribution in [2.45, 2.75) is 39.3 Å². The number of benzene rings is 2. The van der Waals surface area contributed by atoms with E-state index in [0.717, 1.165) is 121 Å². The summed E-state index contributed by atoms with van der Waals surface area (Å²) in [7, 11) is 0. The average molecular weight is 625 g/mol. The van der Waals surface area contributed by atoms with Gasteiger partial charge in [0.2, 0.25) is 5.91 Å². The fourth-order valence-electron chi connectivity index (χ4n) is 7.71. The van der Waals surface area contributed by atoms with Crippen LogP contribution in [0.2, 0.25) is 5.02 Å². The van der Waals surface area contributed by atoms with Crippen LogP contribution in [0.3, 0.4) is 0 Å². The number of nitrogens with zero attached hydrogens (tertiary/aromatic N) is 7. The Morgan fingerprint density at radius 3 is 2.71 bits per heavy atom. The van der Waals surface area contributed by atoms with Crippen LogP contribution >= 0.6 is 11.6 Å². The van der Waals surface area contributed by atoms with Crippen LogP contribution in [0.5, 0.6) is 0 Å². The van der Waals surface area contributed by atoms with Crippen LogP contribution in [0.15, 0.2) is 49.3 Å². The molecule has 1 N–H and O–H groups in total. The summed E-state index contributed by atoms with van der Waals surface area (Å²) in [6, 6.07) is 8.83. The zero-order valence-corrected chi connectivity index (χ0v) is 26.5. The summed E-state index contributed by atoms with van der Waals surface area (Å²) in [5.74, 6) is 0.0157. The minimum atomic E-state index is 0.0157. The third kappa shape index (κ3) is 4.69. The van der Waals surface area contributed by atoms with Crippen LogP contribution in [0.1, 0.15) is 30.1 Å². The SMILES string of the molecule is C=CC(=O)N1CC2(CC(n3nc(-c4ccc5c(cnn5CCN5CCOCC5)c4)c(-c4c(Cl)c(C)cc5[nH]ncc45)c3C)C2)C1. The zero-order chi connectivity index (χ0) is 30.9. The van der Waals surface area contributed by atoms with E-state index in [0.29, 0.717) is 5.02 Å². The summed E-state index contributed by atoms with van der Waals surface area (Å²) in [5, 5.41) is 20.4. The normalized spacial score (nSPS) is 18.5. The lowest BCUT2D eigenvalue weighted by Crippen LogP contribution is -2.63. The van der Waals surface area contributed by atoms with Gasteiger partial charge in [-0.25, -0.2) is 0 Å². The molecule has 10 nitrogen and oxygen atoms in total. The van der Waals surface area contributed by atoms with Crippen LogP contribution in [0.25, 0.3) is 44.2 Å². The molecule has 8 rings (SSSR count). The van der Waals surface area contributed by atoms with Gasteiger partial charge in [-0.3, -0.25) is 24.2 Å². The van der Waals surface area contributed by atoms with Crippen molar-refractivity contribution < 1.29 is 9.53 Å². The zero-order valence-electron chi connectivity index (χ0n) is 25.7. The van der Waals surface area contributed by atoms with E-state index in [9.17, 15) is 4.79 Å². The molecule has 5 heterocycles. The third-order valence-corrected chi connectivity index (χ3v) is 10.6. The van der Waals surface area contributed by atoms with Crippen LogP contribution in [-0.4, -0.2) is 91.4 Å². The number of halogens is 1. The molecule has 0 unspecified atom stereocenters. The molecule has 1 aliphatic carbocycles. The van der Waals surface area contributed by atoms with E-state index in [1.807, 2.05) is 30.3 Å². The van der Waals surface area contributed by atoms with Crippen LogP contribution in [0, 0.1) is 19.3 Å². The van der Waals surface area contributed by atoms with Gasteiger partial charge in [-0.2, -0.15) is 15.3 Å². The number of hydrogen-bond donors (Lipinski definition) is 1. The molecule has 45 heavy (non-hydrogen) atoms. The van der Waals surface area contributed by atoms with Crippen molar-refractivity contribution in [2.24, 2.45) is 5.41 Å². The summed E-state index contributed by atoms with van der Waals surface area (Å²) in [6.45, 7) is 14.7. The number of aromatic nitrogens is 6. The molecule has 1 amide bonds. The highest BCUT2D eigenvalue weighted by Gasteiger charge is 2.54. The molecule has 11 heteroatoms. The standard InChI is InChI=1S/C34H37ClN8O2/c1-4-29(44)41-19-34(20-41)15-25(16-34)43-22(3)30(31-26-18-36-38-27(26)13-21(2)32(31)35)33(39-43)23-5-6-28-24(14-23)17-37-42(28)8-7-40-9-11-45-12-10-40/h4-6,13-14,17-18,25H,1,7-12,15-16,19-20H2,2-3H3,(H,36,38). The Hall–Kier alpha value is -3.99. The first kappa shape index (κ1) is 28.5. The molecule has 1 spiro atoms. The summed E-state index contributed by atoms with van der Waals surface area (Å²) in [4.78, 5) is 16.4. The first-order chi connectivity index (χ1) is 21.8. The van der Waals surface area contributed by atoms with Crippen molar-refractivity contribution in [3.63, 3.8) is 0 Å². The quantitative estimate of drug-likeness (QED) is 0.244. The maximum atomic E-state index is 12.1. The molecule has 0 atom stereocenters. The minimum Gasteiger partial charge on any atom is -0.379 e. The number of H-pyrrole nitrogens is 1. The fourth-order valence-corrected chi connectivity index (χ4v) is 7.96. The van der Waals surface area contributed by atoms with Crippen molar-refractivity contribution in [3.8, 4) is 22.4 Å². The maximum Gasteiger partial charge on any atom is 0.245 e. The lowest BCUT2D eigenvalue weighted by Gasteiger charge is -2.58. The monoisotopic (exact) mass is 624 g/mol. The van der Waals surface area contributed by atoms with Gasteiger partial charge in [0, 0.05) is 71.3 Å². The van der Waals surface area contributed by atoms with E-state index < -0.39 is 0 Å². The maximum absolute atomic E-state index is 12.1. The van der Waals surface area contributed by atoms with E-state index >= 15 is 0 Å². The minimum absolute atomic E-state index is 0.0157. The van der Waals surface area contributed by atoms with Crippen molar-refractivity contribution in [1.82, 2.24) is 39.6 Å². The number of ether oxygens (including phenoxy) is 1. The van der Waals surface area contributed by atoms with Gasteiger partial charge in [0.25, 0.3) is 0 Å². The molecule has 2 aliphatic heterocycles. The Bertz CT molecular complexity index is 1950. The van der Waals surface area contributed by atoms with Gasteiger partial charge in [-0.15, -0.1) is 0 Å². The molecule has 0 bridgehead atoms. The Morgan fingerprint density at radius 2 is 1.93 bits per heavy atom. The second-order valence-electron chi connectivity index (χ2n) is 13.0. The number of fused-ring (bicyclic) bond motifs is 2. The topological polar surface area (TPSA) is 97.1 Å². The number of likely N-dealkylation sites (tertiary alicyclic amines) is 1. The van der Waals surface area contributed by atoms with Crippen molar-refractivity contribution >= 4 is 39.3 Å². The lowest BCUT2D eigenvalue weighted by molar-refractivity contribution is -0.149. The molecule has 2 saturated heterocycles. The van der Waals surface area contributed by atoms with E-state index in [1.54, 1.807) is 0 Å². The number of aryl methyl sites for hydroxylation is 1. The number of nitrogens with one attached hydrogen (secondary N) is 1. The van der Waals surface area contributed by atoms with Gasteiger partial charge >= 0.3 is 0 Å². The average Bonchev–Trinajstić information content (AvgIpc) is 3.73. The van der Waals surface area contributed by atoms with E-state index in [2.05, 4.69) is 56.2 Å². The van der Waals surface area contributed by atoms with Gasteiger partial charge in [-0.05, 0) is 56.5 Å². The molecular formula is C34H37ClN8O2. The molecular weight excluding hydrogens is 588 g/mol. The van der Waals surface area contributed by atoms with Crippen LogP contribution in [-0.2, 0) is 16.1 Å². The molecule has 5 aromatic rings. The summed E-state index contributed by atoms with van der Waals surface area (Å²) in [6.07, 6.45) is 7.21. The second-order valence-corrected chi connectivity index (χ2v) is 13.4. The summed E-state index contributed by atoms with van der Waals surface area (Å²) >= 11 is 7.12. The van der Waals surface area contributed by atoms with Gasteiger partial charge in [-0.1, -0.05) is 24.2 Å². The molecule has 3 fully saturated rings. The molecule has 2 aromatic carbocycles. The van der Waals surface area contributed by atoms with Gasteiger partial charge in [0.05, 0.1) is 54.3 Å². The third-order valence-electron chi connectivity index (χ3n) is 10.1. The number of amides is 1. The predicted octanol–water partition coefficient (Wildman–Crippen LogP) is 5.40. The van der Waals surface area contributed by atoms with E-state index in [4.69, 9.17) is 26.5 Å². The molecule has 0 radical (unpaired) electrons. The number of carbonyl (C=O) groups excluding carboxylic acids is 1. The summed E-state index contributed by atoms with van der Waals surface area (Å²) in [5.41, 5.74) is 8.24. The number of aromatic amines is 1. The van der Waals surface area contributed by atoms with Gasteiger partial charge < -0.3 is 9.64 Å². The summed E-state index contributed by atoms with van der Waals surface area (Å²) < 4.78 is 9.80. The Labute approximate surface area is 266 Å². The lowest BCUT2D eigenvalue weighted by atomic mass is 9.60. The highest BCUT2D eigenvalue weighted by molar-refractivity contribution is 6.36. The fraction of sp³-hybridized carbons (Fsp3) is 0.412. The van der Waals surface area contributed by atoms with Gasteiger partial charge in [0.1, 0.15) is 5.69 Å². The number of carbonyl (C=O) groups is 1. The number of morpholine rings is 1. The van der Waals surface area contributed by atoms with Crippen molar-refractivity contribution in [1.29, 1.82) is 0 Å². The molecule has 3 aromatic heterocycles. The number of hydrogen-bond acceptors (Lipinski definition) is 6. The van der Waals surface area contributed by atoms with Crippen LogP contribution in [0.4, 0.5) is 0 Å². The Balaban J connectivity index is 1.17. The van der Waals surface area contributed by atoms with E-state index in [1.165, 1.54) is 6.08 Å². The first-order valence-electron chi connectivity index (χ1n) is 15.7. The van der Waals surface area contributed by atoms with Crippen molar-refractivity contribution in [3.05, 3.63) is 65.6 Å². The Kier molecular flexibility index (Phi) is 6.85. The highest BCUT2D eigenvalue weighted by atomic mass is 35.5. The molecule has 232 valence electrons. The molecule has 3 aliphatic rings. The van der Waals surface area contributed by atoms with Crippen molar-refractivity contribution in [2.75, 3.05) is 45.9 Å². The Morgan fingerprint density at radius 1 is 1.13 bits per heavy atom.